The van der Waals surface area contributed by atoms with Crippen molar-refractivity contribution in [3.63, 3.8) is 0 Å². The number of ether oxygens (including phenoxy) is 2. The molecular weight excluding hydrogens is 418 g/mol. The molecule has 2 heterocycles. The predicted molar refractivity (Wildman–Crippen MR) is 112 cm³/mol. The first-order chi connectivity index (χ1) is 13.5. The minimum atomic E-state index is -0.505. The number of aromatic nitrogens is 2. The van der Waals surface area contributed by atoms with E-state index >= 15 is 0 Å². The molecule has 7 nitrogen and oxygen atoms in total. The summed E-state index contributed by atoms with van der Waals surface area (Å²) >= 11 is 4.01. The number of anilines is 1. The minimum absolute atomic E-state index is 0.172. The van der Waals surface area contributed by atoms with Gasteiger partial charge in [0.25, 0.3) is 0 Å². The second-order valence-corrected chi connectivity index (χ2v) is 8.78. The van der Waals surface area contributed by atoms with E-state index < -0.39 is 5.97 Å². The Morgan fingerprint density at radius 1 is 1.18 bits per heavy atom. The Kier molecular flexibility index (Phi) is 6.65. The highest BCUT2D eigenvalue weighted by Gasteiger charge is 2.22. The highest BCUT2D eigenvalue weighted by molar-refractivity contribution is 8.01. The number of aryl methyl sites for hydroxylation is 1. The molecule has 0 aliphatic carbocycles. The zero-order valence-corrected chi connectivity index (χ0v) is 17.8. The molecule has 0 fully saturated rings. The average molecular weight is 436 g/mol. The molecule has 0 spiro atoms. The second kappa shape index (κ2) is 9.18. The van der Waals surface area contributed by atoms with E-state index in [2.05, 4.69) is 15.5 Å². The van der Waals surface area contributed by atoms with Crippen LogP contribution in [0.4, 0.5) is 5.00 Å². The number of esters is 1. The van der Waals surface area contributed by atoms with Crippen LogP contribution in [0.5, 0.6) is 5.75 Å². The SMILES string of the molecule is COC(=O)c1c(-c2ccc(OC)cc2)csc1NC(=O)CSc1nnc(C)s1. The molecule has 0 bridgehead atoms. The number of hydrogen-bond acceptors (Lipinski definition) is 9. The first-order valence-corrected chi connectivity index (χ1v) is 10.8. The number of nitrogens with zero attached hydrogens (tertiary/aromatic N) is 2. The molecule has 0 atom stereocenters. The van der Waals surface area contributed by atoms with Gasteiger partial charge in [0.05, 0.1) is 20.0 Å². The monoisotopic (exact) mass is 435 g/mol. The van der Waals surface area contributed by atoms with E-state index in [1.807, 2.05) is 36.6 Å². The number of thiophene rings is 1. The molecule has 0 radical (unpaired) electrons. The van der Waals surface area contributed by atoms with Gasteiger partial charge in [0.15, 0.2) is 4.34 Å². The van der Waals surface area contributed by atoms with E-state index in [9.17, 15) is 9.59 Å². The van der Waals surface area contributed by atoms with E-state index in [0.29, 0.717) is 16.1 Å². The third-order valence-electron chi connectivity index (χ3n) is 3.67. The Morgan fingerprint density at radius 2 is 1.93 bits per heavy atom. The van der Waals surface area contributed by atoms with Crippen molar-refractivity contribution in [2.75, 3.05) is 25.3 Å². The van der Waals surface area contributed by atoms with Gasteiger partial charge >= 0.3 is 5.97 Å². The lowest BCUT2D eigenvalue weighted by Gasteiger charge is -2.08. The maximum absolute atomic E-state index is 12.4. The lowest BCUT2D eigenvalue weighted by Crippen LogP contribution is -2.16. The molecule has 3 aromatic rings. The van der Waals surface area contributed by atoms with Gasteiger partial charge < -0.3 is 14.8 Å². The maximum Gasteiger partial charge on any atom is 0.341 e. The number of methoxy groups -OCH3 is 2. The number of carbonyl (C=O) groups excluding carboxylic acids is 2. The van der Waals surface area contributed by atoms with Crippen LogP contribution in [0.15, 0.2) is 34.0 Å². The molecule has 1 amide bonds. The number of carbonyl (C=O) groups is 2. The summed E-state index contributed by atoms with van der Waals surface area (Å²) in [5, 5.41) is 13.8. The maximum atomic E-state index is 12.4. The molecule has 1 aromatic carbocycles. The van der Waals surface area contributed by atoms with Gasteiger partial charge in [0.2, 0.25) is 5.91 Å². The van der Waals surface area contributed by atoms with E-state index in [1.54, 1.807) is 7.11 Å². The number of hydrogen-bond donors (Lipinski definition) is 1. The Hall–Kier alpha value is -2.43. The van der Waals surface area contributed by atoms with E-state index in [-0.39, 0.29) is 11.7 Å². The van der Waals surface area contributed by atoms with Crippen LogP contribution in [-0.2, 0) is 9.53 Å². The molecule has 1 N–H and O–H groups in total. The van der Waals surface area contributed by atoms with Crippen LogP contribution >= 0.6 is 34.4 Å². The first kappa shape index (κ1) is 20.3. The largest absolute Gasteiger partial charge is 0.497 e. The van der Waals surface area contributed by atoms with Crippen molar-refractivity contribution in [1.82, 2.24) is 10.2 Å². The second-order valence-electron chi connectivity index (χ2n) is 5.50. The Bertz CT molecular complexity index is 982. The van der Waals surface area contributed by atoms with Crippen LogP contribution < -0.4 is 10.1 Å². The fourth-order valence-corrected chi connectivity index (χ4v) is 4.95. The normalized spacial score (nSPS) is 10.5. The summed E-state index contributed by atoms with van der Waals surface area (Å²) in [7, 11) is 2.91. The van der Waals surface area contributed by atoms with Crippen molar-refractivity contribution in [2.24, 2.45) is 0 Å². The zero-order chi connectivity index (χ0) is 20.1. The standard InChI is InChI=1S/C18H17N3O4S3/c1-10-20-21-18(28-10)27-9-14(22)19-16-15(17(23)25-3)13(8-26-16)11-4-6-12(24-2)7-5-11/h4-8H,9H2,1-3H3,(H,19,22). The van der Waals surface area contributed by atoms with Crippen LogP contribution in [0.25, 0.3) is 11.1 Å². The van der Waals surface area contributed by atoms with Gasteiger partial charge in [-0.25, -0.2) is 4.79 Å². The molecule has 0 unspecified atom stereocenters. The highest BCUT2D eigenvalue weighted by Crippen LogP contribution is 2.37. The van der Waals surface area contributed by atoms with Gasteiger partial charge in [-0.1, -0.05) is 35.2 Å². The fraction of sp³-hybridized carbons (Fsp3) is 0.222. The summed E-state index contributed by atoms with van der Waals surface area (Å²) in [5.41, 5.74) is 1.86. The molecular formula is C18H17N3O4S3. The van der Waals surface area contributed by atoms with Crippen LogP contribution in [0, 0.1) is 6.92 Å². The minimum Gasteiger partial charge on any atom is -0.497 e. The molecule has 146 valence electrons. The molecule has 0 saturated carbocycles. The lowest BCUT2D eigenvalue weighted by atomic mass is 10.0. The van der Waals surface area contributed by atoms with Gasteiger partial charge in [0.1, 0.15) is 21.3 Å². The quantitative estimate of drug-likeness (QED) is 0.441. The average Bonchev–Trinajstić information content (AvgIpc) is 3.32. The number of benzene rings is 1. The highest BCUT2D eigenvalue weighted by atomic mass is 32.2. The Balaban J connectivity index is 1.79. The summed E-state index contributed by atoms with van der Waals surface area (Å²) in [4.78, 5) is 24.7. The Morgan fingerprint density at radius 3 is 2.54 bits per heavy atom. The molecule has 0 aliphatic rings. The zero-order valence-electron chi connectivity index (χ0n) is 15.3. The van der Waals surface area contributed by atoms with Crippen molar-refractivity contribution < 1.29 is 19.1 Å². The number of amides is 1. The predicted octanol–water partition coefficient (Wildman–Crippen LogP) is 4.10. The van der Waals surface area contributed by atoms with Crippen molar-refractivity contribution in [2.45, 2.75) is 11.3 Å². The third-order valence-corrected chi connectivity index (χ3v) is 6.54. The number of nitrogens with one attached hydrogen (secondary N) is 1. The van der Waals surface area contributed by atoms with Gasteiger partial charge in [0, 0.05) is 10.9 Å². The summed E-state index contributed by atoms with van der Waals surface area (Å²) in [6.07, 6.45) is 0. The van der Waals surface area contributed by atoms with Crippen LogP contribution in [-0.4, -0.2) is 42.0 Å². The molecule has 3 rings (SSSR count). The van der Waals surface area contributed by atoms with Gasteiger partial charge in [-0.2, -0.15) is 0 Å². The van der Waals surface area contributed by atoms with Crippen molar-refractivity contribution >= 4 is 51.3 Å². The number of thioether (sulfide) groups is 1. The van der Waals surface area contributed by atoms with E-state index in [1.165, 1.54) is 41.5 Å². The summed E-state index contributed by atoms with van der Waals surface area (Å²) in [6.45, 7) is 1.86. The topological polar surface area (TPSA) is 90.4 Å². The van der Waals surface area contributed by atoms with E-state index in [4.69, 9.17) is 9.47 Å². The van der Waals surface area contributed by atoms with Gasteiger partial charge in [-0.15, -0.1) is 21.5 Å². The molecule has 0 aliphatic heterocycles. The molecule has 2 aromatic heterocycles. The Labute approximate surface area is 174 Å². The van der Waals surface area contributed by atoms with Gasteiger partial charge in [-0.05, 0) is 24.6 Å². The molecule has 10 heteroatoms. The lowest BCUT2D eigenvalue weighted by molar-refractivity contribution is -0.113. The number of rotatable bonds is 7. The van der Waals surface area contributed by atoms with E-state index in [0.717, 1.165) is 20.7 Å². The van der Waals surface area contributed by atoms with Crippen LogP contribution in [0.1, 0.15) is 15.4 Å². The summed E-state index contributed by atoms with van der Waals surface area (Å²) < 4.78 is 10.8. The third kappa shape index (κ3) is 4.70. The smallest absolute Gasteiger partial charge is 0.341 e. The van der Waals surface area contributed by atoms with Crippen LogP contribution in [0.2, 0.25) is 0 Å². The fourth-order valence-electron chi connectivity index (χ4n) is 2.36. The van der Waals surface area contributed by atoms with Crippen molar-refractivity contribution in [3.8, 4) is 16.9 Å². The van der Waals surface area contributed by atoms with Crippen LogP contribution in [0.3, 0.4) is 0 Å². The van der Waals surface area contributed by atoms with Gasteiger partial charge in [-0.3, -0.25) is 4.79 Å². The first-order valence-electron chi connectivity index (χ1n) is 8.08. The molecule has 28 heavy (non-hydrogen) atoms. The summed E-state index contributed by atoms with van der Waals surface area (Å²) in [6, 6.07) is 7.33. The molecule has 0 saturated heterocycles. The van der Waals surface area contributed by atoms with Crippen molar-refractivity contribution in [3.05, 3.63) is 40.2 Å². The summed E-state index contributed by atoms with van der Waals surface area (Å²) in [5.74, 6) is 0.155. The van der Waals surface area contributed by atoms with Crippen molar-refractivity contribution in [1.29, 1.82) is 0 Å².